The van der Waals surface area contributed by atoms with E-state index in [1.165, 1.54) is 6.92 Å². The molecule has 33 heavy (non-hydrogen) atoms. The summed E-state index contributed by atoms with van der Waals surface area (Å²) in [5.74, 6) is -1.29. The zero-order chi connectivity index (χ0) is 24.0. The van der Waals surface area contributed by atoms with Crippen LogP contribution in [-0.4, -0.2) is 39.0 Å². The summed E-state index contributed by atoms with van der Waals surface area (Å²) in [6, 6.07) is 13.8. The number of hydrogen-bond donors (Lipinski definition) is 3. The molecule has 0 aliphatic heterocycles. The van der Waals surface area contributed by atoms with Crippen LogP contribution in [0.15, 0.2) is 54.6 Å². The van der Waals surface area contributed by atoms with Crippen LogP contribution in [0.4, 0.5) is 11.6 Å². The number of rotatable bonds is 8. The van der Waals surface area contributed by atoms with E-state index < -0.39 is 23.9 Å². The topological polar surface area (TPSA) is 131 Å². The number of nitrogens with zero attached hydrogens (tertiary/aromatic N) is 2. The van der Waals surface area contributed by atoms with E-state index >= 15 is 0 Å². The maximum absolute atomic E-state index is 12.6. The average Bonchev–Trinajstić information content (AvgIpc) is 2.74. The number of aromatic nitrogens is 2. The van der Waals surface area contributed by atoms with Crippen LogP contribution < -0.4 is 15.4 Å². The van der Waals surface area contributed by atoms with Gasteiger partial charge in [-0.2, -0.15) is 0 Å². The van der Waals surface area contributed by atoms with Gasteiger partial charge in [0.25, 0.3) is 5.91 Å². The molecule has 0 aliphatic rings. The van der Waals surface area contributed by atoms with Gasteiger partial charge in [-0.05, 0) is 61.9 Å². The number of carbonyl (C=O) groups is 3. The Morgan fingerprint density at radius 1 is 0.970 bits per heavy atom. The van der Waals surface area contributed by atoms with Gasteiger partial charge in [0.2, 0.25) is 5.95 Å². The minimum Gasteiger partial charge on any atom is -0.480 e. The number of carboxylic acid groups (broad SMARTS) is 1. The van der Waals surface area contributed by atoms with Crippen molar-refractivity contribution in [2.75, 3.05) is 5.32 Å². The molecule has 0 saturated carbocycles. The Hall–Kier alpha value is -4.27. The minimum absolute atomic E-state index is 0.0745. The molecule has 9 nitrogen and oxygen atoms in total. The van der Waals surface area contributed by atoms with E-state index in [1.807, 2.05) is 19.9 Å². The highest BCUT2D eigenvalue weighted by atomic mass is 16.5. The number of amides is 1. The number of carboxylic acids is 1. The van der Waals surface area contributed by atoms with E-state index in [-0.39, 0.29) is 6.42 Å². The van der Waals surface area contributed by atoms with Crippen molar-refractivity contribution in [3.63, 3.8) is 0 Å². The van der Waals surface area contributed by atoms with Crippen molar-refractivity contribution in [2.45, 2.75) is 33.2 Å². The van der Waals surface area contributed by atoms with Gasteiger partial charge in [0.1, 0.15) is 11.8 Å². The quantitative estimate of drug-likeness (QED) is 0.354. The molecular formula is C24H24N4O5. The van der Waals surface area contributed by atoms with Gasteiger partial charge in [0.05, 0.1) is 0 Å². The molecule has 1 atom stereocenters. The zero-order valence-electron chi connectivity index (χ0n) is 18.5. The highest BCUT2D eigenvalue weighted by Gasteiger charge is 2.21. The maximum atomic E-state index is 12.6. The summed E-state index contributed by atoms with van der Waals surface area (Å²) in [6.45, 7) is 5.05. The summed E-state index contributed by atoms with van der Waals surface area (Å²) in [6.07, 6.45) is 0.0745. The second kappa shape index (κ2) is 10.4. The van der Waals surface area contributed by atoms with Crippen LogP contribution in [0.25, 0.3) is 0 Å². The summed E-state index contributed by atoms with van der Waals surface area (Å²) >= 11 is 0. The van der Waals surface area contributed by atoms with E-state index in [1.54, 1.807) is 48.5 Å². The molecule has 1 amide bonds. The van der Waals surface area contributed by atoms with Crippen LogP contribution in [0.3, 0.4) is 0 Å². The van der Waals surface area contributed by atoms with Gasteiger partial charge < -0.3 is 20.5 Å². The van der Waals surface area contributed by atoms with Crippen LogP contribution >= 0.6 is 0 Å². The Morgan fingerprint density at radius 3 is 2.12 bits per heavy atom. The highest BCUT2D eigenvalue weighted by Crippen LogP contribution is 2.16. The monoisotopic (exact) mass is 448 g/mol. The average molecular weight is 448 g/mol. The van der Waals surface area contributed by atoms with E-state index in [2.05, 4.69) is 20.6 Å². The molecule has 1 unspecified atom stereocenters. The fraction of sp³-hybridized carbons (Fsp3) is 0.208. The number of ether oxygens (including phenoxy) is 1. The largest absolute Gasteiger partial charge is 0.480 e. The van der Waals surface area contributed by atoms with Crippen molar-refractivity contribution in [1.29, 1.82) is 0 Å². The standard InChI is InChI=1S/C24H24N4O5/c1-14-12-15(2)26-24(25-14)27-19-8-6-18(7-9-19)22(30)28-21(23(31)32)13-17-4-10-20(11-5-17)33-16(3)29/h4-12,21H,13H2,1-3H3,(H,28,30)(H,31,32)(H,25,26,27). The number of aryl methyl sites for hydroxylation is 2. The second-order valence-corrected chi connectivity index (χ2v) is 7.48. The molecule has 0 radical (unpaired) electrons. The van der Waals surface area contributed by atoms with E-state index in [4.69, 9.17) is 4.74 Å². The maximum Gasteiger partial charge on any atom is 0.326 e. The van der Waals surface area contributed by atoms with Crippen LogP contribution in [0, 0.1) is 13.8 Å². The molecule has 0 fully saturated rings. The first-order valence-electron chi connectivity index (χ1n) is 10.2. The van der Waals surface area contributed by atoms with Gasteiger partial charge in [-0.1, -0.05) is 12.1 Å². The first-order valence-corrected chi connectivity index (χ1v) is 10.2. The normalized spacial score (nSPS) is 11.4. The Kier molecular flexibility index (Phi) is 7.34. The van der Waals surface area contributed by atoms with Gasteiger partial charge in [-0.25, -0.2) is 14.8 Å². The number of anilines is 2. The fourth-order valence-corrected chi connectivity index (χ4v) is 3.15. The van der Waals surface area contributed by atoms with Gasteiger partial charge in [-0.15, -0.1) is 0 Å². The first-order chi connectivity index (χ1) is 15.7. The summed E-state index contributed by atoms with van der Waals surface area (Å²) in [4.78, 5) is 43.9. The lowest BCUT2D eigenvalue weighted by Gasteiger charge is -2.15. The smallest absolute Gasteiger partial charge is 0.326 e. The zero-order valence-corrected chi connectivity index (χ0v) is 18.5. The van der Waals surface area contributed by atoms with Crippen LogP contribution in [-0.2, 0) is 16.0 Å². The minimum atomic E-state index is -1.15. The molecule has 2 aromatic carbocycles. The Labute approximate surface area is 190 Å². The van der Waals surface area contributed by atoms with E-state index in [9.17, 15) is 19.5 Å². The Bertz CT molecular complexity index is 1140. The van der Waals surface area contributed by atoms with Gasteiger partial charge in [-0.3, -0.25) is 9.59 Å². The predicted octanol–water partition coefficient (Wildman–Crippen LogP) is 3.19. The van der Waals surface area contributed by atoms with Crippen LogP contribution in [0.5, 0.6) is 5.75 Å². The van der Waals surface area contributed by atoms with Crippen molar-refractivity contribution in [3.8, 4) is 5.75 Å². The van der Waals surface area contributed by atoms with Crippen LogP contribution in [0.1, 0.15) is 34.2 Å². The molecule has 3 N–H and O–H groups in total. The van der Waals surface area contributed by atoms with Crippen molar-refractivity contribution >= 4 is 29.5 Å². The molecule has 0 bridgehead atoms. The third-order valence-electron chi connectivity index (χ3n) is 4.61. The molecule has 1 aromatic heterocycles. The lowest BCUT2D eigenvalue weighted by Crippen LogP contribution is -2.42. The number of hydrogen-bond acceptors (Lipinski definition) is 7. The molecule has 0 spiro atoms. The molecule has 1 heterocycles. The fourth-order valence-electron chi connectivity index (χ4n) is 3.15. The van der Waals surface area contributed by atoms with Crippen molar-refractivity contribution in [2.24, 2.45) is 0 Å². The second-order valence-electron chi connectivity index (χ2n) is 7.48. The molecule has 3 rings (SSSR count). The first kappa shape index (κ1) is 23.4. The van der Waals surface area contributed by atoms with Crippen molar-refractivity contribution in [3.05, 3.63) is 77.1 Å². The SMILES string of the molecule is CC(=O)Oc1ccc(CC(NC(=O)c2ccc(Nc3nc(C)cc(C)n3)cc2)C(=O)O)cc1. The molecule has 0 aliphatic carbocycles. The lowest BCUT2D eigenvalue weighted by atomic mass is 10.1. The lowest BCUT2D eigenvalue weighted by molar-refractivity contribution is -0.139. The van der Waals surface area contributed by atoms with E-state index in [0.717, 1.165) is 11.4 Å². The number of benzene rings is 2. The number of carbonyl (C=O) groups excluding carboxylic acids is 2. The number of nitrogens with one attached hydrogen (secondary N) is 2. The molecular weight excluding hydrogens is 424 g/mol. The summed E-state index contributed by atoms with van der Waals surface area (Å²) in [5, 5.41) is 15.2. The summed E-state index contributed by atoms with van der Waals surface area (Å²) < 4.78 is 4.96. The third-order valence-corrected chi connectivity index (χ3v) is 4.61. The number of aliphatic carboxylic acids is 1. The predicted molar refractivity (Wildman–Crippen MR) is 122 cm³/mol. The van der Waals surface area contributed by atoms with Gasteiger partial charge in [0, 0.05) is 36.0 Å². The summed E-state index contributed by atoms with van der Waals surface area (Å²) in [5.41, 5.74) is 3.35. The Balaban J connectivity index is 1.64. The third kappa shape index (κ3) is 6.86. The van der Waals surface area contributed by atoms with Crippen molar-refractivity contribution < 1.29 is 24.2 Å². The van der Waals surface area contributed by atoms with Crippen LogP contribution in [0.2, 0.25) is 0 Å². The summed E-state index contributed by atoms with van der Waals surface area (Å²) in [7, 11) is 0. The highest BCUT2D eigenvalue weighted by molar-refractivity contribution is 5.97. The Morgan fingerprint density at radius 2 is 1.58 bits per heavy atom. The van der Waals surface area contributed by atoms with Gasteiger partial charge in [0.15, 0.2) is 0 Å². The molecule has 9 heteroatoms. The molecule has 170 valence electrons. The molecule has 0 saturated heterocycles. The van der Waals surface area contributed by atoms with E-state index in [0.29, 0.717) is 28.5 Å². The van der Waals surface area contributed by atoms with Crippen molar-refractivity contribution in [1.82, 2.24) is 15.3 Å². The number of esters is 1. The molecule has 3 aromatic rings. The van der Waals surface area contributed by atoms with Gasteiger partial charge >= 0.3 is 11.9 Å².